The number of halogens is 1. The summed E-state index contributed by atoms with van der Waals surface area (Å²) < 4.78 is 14.6. The van der Waals surface area contributed by atoms with E-state index in [1.165, 1.54) is 43.4 Å². The number of anilines is 2. The number of hydrogen-bond donors (Lipinski definition) is 2. The lowest BCUT2D eigenvalue weighted by molar-refractivity contribution is -0.124. The lowest BCUT2D eigenvalue weighted by atomic mass is 9.87. The van der Waals surface area contributed by atoms with Gasteiger partial charge >= 0.3 is 0 Å². The van der Waals surface area contributed by atoms with E-state index in [1.807, 2.05) is 20.8 Å². The molecule has 0 spiro atoms. The summed E-state index contributed by atoms with van der Waals surface area (Å²) in [5.74, 6) is -0.862. The van der Waals surface area contributed by atoms with Gasteiger partial charge in [0.25, 0.3) is 5.91 Å². The third-order valence-corrected chi connectivity index (χ3v) is 4.64. The topological polar surface area (TPSA) is 115 Å². The van der Waals surface area contributed by atoms with Crippen molar-refractivity contribution in [2.75, 3.05) is 19.4 Å². The average molecular weight is 434 g/mol. The van der Waals surface area contributed by atoms with Crippen LogP contribution in [0.15, 0.2) is 36.2 Å². The number of nitrogens with zero attached hydrogens (tertiary/aromatic N) is 4. The van der Waals surface area contributed by atoms with Crippen LogP contribution in [0, 0.1) is 22.6 Å². The highest BCUT2D eigenvalue weighted by molar-refractivity contribution is 6.08. The number of aromatic nitrogens is 3. The van der Waals surface area contributed by atoms with Crippen LogP contribution in [0.3, 0.4) is 0 Å². The monoisotopic (exact) mass is 434 g/mol. The largest absolute Gasteiger partial charge is 0.344 e. The third kappa shape index (κ3) is 4.64. The smallest absolute Gasteiger partial charge is 0.264 e. The molecule has 0 aliphatic heterocycles. The van der Waals surface area contributed by atoms with E-state index in [-0.39, 0.29) is 16.9 Å². The maximum atomic E-state index is 14.6. The predicted octanol–water partition coefficient (Wildman–Crippen LogP) is 4.06. The van der Waals surface area contributed by atoms with E-state index in [9.17, 15) is 19.2 Å². The predicted molar refractivity (Wildman–Crippen MR) is 120 cm³/mol. The Bertz CT molecular complexity index is 1280. The number of Topliss-reactive ketones (excluding diaryl/α,β-unsaturated/α-hetero) is 1. The molecule has 0 aliphatic carbocycles. The van der Waals surface area contributed by atoms with Crippen molar-refractivity contribution in [1.29, 1.82) is 5.26 Å². The van der Waals surface area contributed by atoms with Gasteiger partial charge in [0.15, 0.2) is 11.4 Å². The van der Waals surface area contributed by atoms with Crippen LogP contribution in [-0.2, 0) is 4.79 Å². The molecule has 0 saturated heterocycles. The minimum absolute atomic E-state index is 0.0713. The Morgan fingerprint density at radius 1 is 1.28 bits per heavy atom. The van der Waals surface area contributed by atoms with Crippen molar-refractivity contribution in [2.45, 2.75) is 20.8 Å². The van der Waals surface area contributed by atoms with Gasteiger partial charge in [0, 0.05) is 37.0 Å². The zero-order valence-electron chi connectivity index (χ0n) is 18.4. The number of aromatic amines is 1. The van der Waals surface area contributed by atoms with Gasteiger partial charge in [-0.05, 0) is 24.3 Å². The number of rotatable bonds is 5. The van der Waals surface area contributed by atoms with Gasteiger partial charge in [-0.25, -0.2) is 14.4 Å². The van der Waals surface area contributed by atoms with Gasteiger partial charge in [-0.15, -0.1) is 0 Å². The second-order valence-corrected chi connectivity index (χ2v) is 8.46. The lowest BCUT2D eigenvalue weighted by Gasteiger charge is -2.15. The van der Waals surface area contributed by atoms with E-state index < -0.39 is 17.1 Å². The second-order valence-electron chi connectivity index (χ2n) is 8.46. The summed E-state index contributed by atoms with van der Waals surface area (Å²) >= 11 is 0. The zero-order chi connectivity index (χ0) is 23.6. The van der Waals surface area contributed by atoms with Gasteiger partial charge in [0.2, 0.25) is 0 Å². The first-order valence-electron chi connectivity index (χ1n) is 9.80. The van der Waals surface area contributed by atoms with Gasteiger partial charge in [0.1, 0.15) is 28.8 Å². The Hall–Kier alpha value is -4.06. The number of ketones is 1. The quantitative estimate of drug-likeness (QED) is 0.355. The number of amides is 1. The minimum Gasteiger partial charge on any atom is -0.344 e. The molecule has 8 nitrogen and oxygen atoms in total. The molecule has 3 rings (SSSR count). The molecule has 9 heteroatoms. The van der Waals surface area contributed by atoms with Crippen molar-refractivity contribution >= 4 is 40.4 Å². The number of fused-ring (bicyclic) bond motifs is 1. The summed E-state index contributed by atoms with van der Waals surface area (Å²) in [6, 6.07) is 6.06. The Balaban J connectivity index is 1.90. The maximum absolute atomic E-state index is 14.6. The van der Waals surface area contributed by atoms with E-state index in [0.717, 1.165) is 0 Å². The van der Waals surface area contributed by atoms with E-state index in [1.54, 1.807) is 18.3 Å². The molecule has 0 fully saturated rings. The normalized spacial score (nSPS) is 11.8. The summed E-state index contributed by atoms with van der Waals surface area (Å²) in [7, 11) is 3.03. The van der Waals surface area contributed by atoms with Crippen LogP contribution in [0.25, 0.3) is 17.2 Å². The number of likely N-dealkylation sites (N-methyl/N-ethyl adjacent to an activating group) is 1. The van der Waals surface area contributed by atoms with Crippen molar-refractivity contribution in [3.63, 3.8) is 0 Å². The number of nitrogens with one attached hydrogen (secondary N) is 2. The highest BCUT2D eigenvalue weighted by Crippen LogP contribution is 2.26. The van der Waals surface area contributed by atoms with E-state index in [4.69, 9.17) is 0 Å². The van der Waals surface area contributed by atoms with Gasteiger partial charge in [0.05, 0.1) is 11.8 Å². The number of benzene rings is 1. The number of carbonyl (C=O) groups is 2. The van der Waals surface area contributed by atoms with E-state index in [2.05, 4.69) is 20.3 Å². The summed E-state index contributed by atoms with van der Waals surface area (Å²) in [6.07, 6.45) is 4.27. The fourth-order valence-electron chi connectivity index (χ4n) is 2.94. The molecular weight excluding hydrogens is 411 g/mol. The first kappa shape index (κ1) is 22.6. The van der Waals surface area contributed by atoms with Crippen molar-refractivity contribution < 1.29 is 14.0 Å². The SMILES string of the molecule is CN(C)C(=O)/C(C#N)=C/c1ccc(Nc2cnc3[nH]cc(C(=O)C(C)(C)C)c3n2)cc1F. The fourth-order valence-corrected chi connectivity index (χ4v) is 2.94. The van der Waals surface area contributed by atoms with Crippen LogP contribution in [0.4, 0.5) is 15.9 Å². The molecule has 164 valence electrons. The first-order chi connectivity index (χ1) is 15.0. The van der Waals surface area contributed by atoms with E-state index >= 15 is 0 Å². The third-order valence-electron chi connectivity index (χ3n) is 4.64. The van der Waals surface area contributed by atoms with Crippen LogP contribution in [0.1, 0.15) is 36.7 Å². The Labute approximate surface area is 184 Å². The molecule has 0 radical (unpaired) electrons. The second kappa shape index (κ2) is 8.59. The molecule has 32 heavy (non-hydrogen) atoms. The molecule has 2 N–H and O–H groups in total. The Morgan fingerprint density at radius 3 is 2.59 bits per heavy atom. The number of H-pyrrole nitrogens is 1. The minimum atomic E-state index is -0.617. The van der Waals surface area contributed by atoms with Gasteiger partial charge in [-0.3, -0.25) is 9.59 Å². The van der Waals surface area contributed by atoms with Gasteiger partial charge < -0.3 is 15.2 Å². The van der Waals surface area contributed by atoms with Crippen molar-refractivity contribution in [3.05, 3.63) is 53.1 Å². The summed E-state index contributed by atoms with van der Waals surface area (Å²) in [5, 5.41) is 12.2. The van der Waals surface area contributed by atoms with Crippen LogP contribution in [0.2, 0.25) is 0 Å². The Kier molecular flexibility index (Phi) is 6.07. The molecule has 2 aromatic heterocycles. The number of hydrogen-bond acceptors (Lipinski definition) is 6. The molecule has 0 unspecified atom stereocenters. The molecule has 3 aromatic rings. The highest BCUT2D eigenvalue weighted by Gasteiger charge is 2.26. The van der Waals surface area contributed by atoms with Crippen LogP contribution >= 0.6 is 0 Å². The number of nitriles is 1. The summed E-state index contributed by atoms with van der Waals surface area (Å²) in [4.78, 5) is 37.6. The van der Waals surface area contributed by atoms with Gasteiger partial charge in [-0.1, -0.05) is 20.8 Å². The Morgan fingerprint density at radius 2 is 2.00 bits per heavy atom. The molecule has 0 bridgehead atoms. The highest BCUT2D eigenvalue weighted by atomic mass is 19.1. The van der Waals surface area contributed by atoms with Crippen molar-refractivity contribution in [3.8, 4) is 6.07 Å². The van der Waals surface area contributed by atoms with Crippen LogP contribution < -0.4 is 5.32 Å². The molecule has 1 amide bonds. The van der Waals surface area contributed by atoms with Gasteiger partial charge in [-0.2, -0.15) is 5.26 Å². The van der Waals surface area contributed by atoms with Crippen molar-refractivity contribution in [2.24, 2.45) is 5.41 Å². The molecule has 0 saturated carbocycles. The average Bonchev–Trinajstić information content (AvgIpc) is 3.14. The molecule has 1 aromatic carbocycles. The molecular formula is C23H23FN6O2. The standard InChI is InChI=1S/C23H23FN6O2/c1-23(2,3)20(31)16-11-26-21-19(16)29-18(12-27-21)28-15-7-6-13(17(24)9-15)8-14(10-25)22(32)30(4)5/h6-9,11-12H,1-5H3,(H,26,27)(H,28,29)/b14-8+. The van der Waals surface area contributed by atoms with Crippen molar-refractivity contribution in [1.82, 2.24) is 19.9 Å². The zero-order valence-corrected chi connectivity index (χ0v) is 18.4. The fraction of sp³-hybridized carbons (Fsp3) is 0.261. The molecule has 0 atom stereocenters. The molecule has 0 aliphatic rings. The number of carbonyl (C=O) groups excluding carboxylic acids is 2. The summed E-state index contributed by atoms with van der Waals surface area (Å²) in [5.41, 5.74) is 1.08. The van der Waals surface area contributed by atoms with E-state index in [0.29, 0.717) is 28.2 Å². The maximum Gasteiger partial charge on any atom is 0.264 e. The molecule has 2 heterocycles. The van der Waals surface area contributed by atoms with Crippen LogP contribution in [-0.4, -0.2) is 45.6 Å². The lowest BCUT2D eigenvalue weighted by Crippen LogP contribution is -2.22. The van der Waals surface area contributed by atoms with Crippen LogP contribution in [0.5, 0.6) is 0 Å². The summed E-state index contributed by atoms with van der Waals surface area (Å²) in [6.45, 7) is 5.48. The first-order valence-corrected chi connectivity index (χ1v) is 9.80.